The molecular formula is C27H34N2O5. The number of benzene rings is 2. The summed E-state index contributed by atoms with van der Waals surface area (Å²) in [6, 6.07) is 12.5. The normalized spacial score (nSPS) is 17.5. The second-order valence-corrected chi connectivity index (χ2v) is 8.34. The van der Waals surface area contributed by atoms with E-state index in [2.05, 4.69) is 18.7 Å². The molecule has 0 aliphatic carbocycles. The molecule has 0 aromatic heterocycles. The van der Waals surface area contributed by atoms with E-state index >= 15 is 0 Å². The van der Waals surface area contributed by atoms with Crippen LogP contribution in [0.1, 0.15) is 50.8 Å². The highest BCUT2D eigenvalue weighted by Gasteiger charge is 2.45. The number of ketones is 1. The van der Waals surface area contributed by atoms with Crippen LogP contribution in [0.2, 0.25) is 0 Å². The predicted molar refractivity (Wildman–Crippen MR) is 132 cm³/mol. The molecule has 2 aromatic rings. The molecule has 0 bridgehead atoms. The first-order valence-electron chi connectivity index (χ1n) is 11.9. The molecule has 1 heterocycles. The number of ether oxygens (including phenoxy) is 1. The SMILES string of the molecule is CCCOc1ccc(C(O)=C2C(=O)C(=O)N(CCCN(CC)CC)C2c2cccc(O)c2)cc1. The van der Waals surface area contributed by atoms with Crippen molar-refractivity contribution < 1.29 is 24.5 Å². The van der Waals surface area contributed by atoms with Crippen LogP contribution in [0.25, 0.3) is 5.76 Å². The zero-order chi connectivity index (χ0) is 24.7. The quantitative estimate of drug-likeness (QED) is 0.291. The van der Waals surface area contributed by atoms with Gasteiger partial charge in [0.1, 0.15) is 17.3 Å². The first-order chi connectivity index (χ1) is 16.4. The Morgan fingerprint density at radius 1 is 1.06 bits per heavy atom. The fraction of sp³-hybridized carbons (Fsp3) is 0.407. The minimum atomic E-state index is -0.778. The first kappa shape index (κ1) is 25.3. The lowest BCUT2D eigenvalue weighted by atomic mass is 9.95. The van der Waals surface area contributed by atoms with Gasteiger partial charge in [-0.15, -0.1) is 0 Å². The third-order valence-electron chi connectivity index (χ3n) is 6.09. The van der Waals surface area contributed by atoms with E-state index in [-0.39, 0.29) is 17.1 Å². The molecule has 1 atom stereocenters. The van der Waals surface area contributed by atoms with Crippen LogP contribution in [-0.2, 0) is 9.59 Å². The lowest BCUT2D eigenvalue weighted by Gasteiger charge is -2.27. The van der Waals surface area contributed by atoms with E-state index in [4.69, 9.17) is 4.74 Å². The van der Waals surface area contributed by atoms with E-state index in [9.17, 15) is 19.8 Å². The van der Waals surface area contributed by atoms with Gasteiger partial charge in [0.2, 0.25) is 0 Å². The maximum absolute atomic E-state index is 13.1. The van der Waals surface area contributed by atoms with E-state index in [1.165, 1.54) is 17.0 Å². The van der Waals surface area contributed by atoms with Gasteiger partial charge in [-0.25, -0.2) is 0 Å². The Morgan fingerprint density at radius 3 is 2.38 bits per heavy atom. The van der Waals surface area contributed by atoms with Crippen molar-refractivity contribution in [3.63, 3.8) is 0 Å². The molecular weight excluding hydrogens is 432 g/mol. The minimum absolute atomic E-state index is 0.0284. The minimum Gasteiger partial charge on any atom is -0.508 e. The molecule has 1 fully saturated rings. The largest absolute Gasteiger partial charge is 0.508 e. The highest BCUT2D eigenvalue weighted by atomic mass is 16.5. The van der Waals surface area contributed by atoms with Crippen LogP contribution in [0, 0.1) is 0 Å². The van der Waals surface area contributed by atoms with Crippen molar-refractivity contribution in [3.05, 3.63) is 65.2 Å². The monoisotopic (exact) mass is 466 g/mol. The van der Waals surface area contributed by atoms with E-state index in [0.717, 1.165) is 26.1 Å². The average molecular weight is 467 g/mol. The Labute approximate surface area is 201 Å². The number of hydrogen-bond acceptors (Lipinski definition) is 6. The summed E-state index contributed by atoms with van der Waals surface area (Å²) in [6.07, 6.45) is 1.57. The number of aliphatic hydroxyl groups is 1. The van der Waals surface area contributed by atoms with E-state index in [1.54, 1.807) is 36.4 Å². The number of phenols is 1. The van der Waals surface area contributed by atoms with Gasteiger partial charge >= 0.3 is 0 Å². The van der Waals surface area contributed by atoms with Crippen LogP contribution >= 0.6 is 0 Å². The molecule has 2 N–H and O–H groups in total. The van der Waals surface area contributed by atoms with Gasteiger partial charge in [-0.1, -0.05) is 32.9 Å². The van der Waals surface area contributed by atoms with Gasteiger partial charge in [0, 0.05) is 12.1 Å². The Kier molecular flexibility index (Phi) is 8.71. The molecule has 2 aromatic carbocycles. The van der Waals surface area contributed by atoms with Crippen LogP contribution < -0.4 is 4.74 Å². The first-order valence-corrected chi connectivity index (χ1v) is 11.9. The maximum atomic E-state index is 13.1. The van der Waals surface area contributed by atoms with Gasteiger partial charge in [0.05, 0.1) is 18.2 Å². The van der Waals surface area contributed by atoms with Gasteiger partial charge in [0.25, 0.3) is 11.7 Å². The number of hydrogen-bond donors (Lipinski definition) is 2. The van der Waals surface area contributed by atoms with Gasteiger partial charge < -0.3 is 24.7 Å². The number of amides is 1. The van der Waals surface area contributed by atoms with Crippen molar-refractivity contribution in [2.24, 2.45) is 0 Å². The van der Waals surface area contributed by atoms with Crippen LogP contribution in [0.3, 0.4) is 0 Å². The van der Waals surface area contributed by atoms with Crippen molar-refractivity contribution in [2.45, 2.75) is 39.7 Å². The fourth-order valence-corrected chi connectivity index (χ4v) is 4.24. The Balaban J connectivity index is 1.98. The van der Waals surface area contributed by atoms with Gasteiger partial charge in [0.15, 0.2) is 0 Å². The van der Waals surface area contributed by atoms with Gasteiger partial charge in [-0.3, -0.25) is 9.59 Å². The summed E-state index contributed by atoms with van der Waals surface area (Å²) in [5.41, 5.74) is 1.03. The predicted octanol–water partition coefficient (Wildman–Crippen LogP) is 4.33. The third kappa shape index (κ3) is 5.59. The van der Waals surface area contributed by atoms with Gasteiger partial charge in [-0.05, 0) is 74.4 Å². The second kappa shape index (κ2) is 11.7. The Bertz CT molecular complexity index is 1030. The third-order valence-corrected chi connectivity index (χ3v) is 6.09. The zero-order valence-corrected chi connectivity index (χ0v) is 20.2. The summed E-state index contributed by atoms with van der Waals surface area (Å²) in [6.45, 7) is 9.74. The van der Waals surface area contributed by atoms with Crippen molar-refractivity contribution in [1.29, 1.82) is 0 Å². The number of phenolic OH excluding ortho intramolecular Hbond substituents is 1. The van der Waals surface area contributed by atoms with Crippen LogP contribution in [0.4, 0.5) is 0 Å². The van der Waals surface area contributed by atoms with E-state index in [0.29, 0.717) is 36.4 Å². The molecule has 1 amide bonds. The number of nitrogens with zero attached hydrogens (tertiary/aromatic N) is 2. The fourth-order valence-electron chi connectivity index (χ4n) is 4.24. The molecule has 0 radical (unpaired) electrons. The molecule has 7 heteroatoms. The molecule has 0 spiro atoms. The number of aliphatic hydroxyl groups excluding tert-OH is 1. The van der Waals surface area contributed by atoms with Gasteiger partial charge in [-0.2, -0.15) is 0 Å². The number of aromatic hydroxyl groups is 1. The molecule has 7 nitrogen and oxygen atoms in total. The highest BCUT2D eigenvalue weighted by Crippen LogP contribution is 2.40. The lowest BCUT2D eigenvalue weighted by Crippen LogP contribution is -2.33. The maximum Gasteiger partial charge on any atom is 0.295 e. The van der Waals surface area contributed by atoms with Crippen LogP contribution in [0.5, 0.6) is 11.5 Å². The molecule has 1 saturated heterocycles. The summed E-state index contributed by atoms with van der Waals surface area (Å²) < 4.78 is 5.60. The molecule has 1 aliphatic heterocycles. The average Bonchev–Trinajstić information content (AvgIpc) is 3.10. The topological polar surface area (TPSA) is 90.3 Å². The Morgan fingerprint density at radius 2 is 1.76 bits per heavy atom. The van der Waals surface area contributed by atoms with E-state index < -0.39 is 17.7 Å². The summed E-state index contributed by atoms with van der Waals surface area (Å²) in [5.74, 6) is -0.902. The molecule has 0 saturated carbocycles. The van der Waals surface area contributed by atoms with Crippen LogP contribution in [0.15, 0.2) is 54.1 Å². The zero-order valence-electron chi connectivity index (χ0n) is 20.2. The standard InChI is InChI=1S/C27H34N2O5/c1-4-17-34-22-13-11-19(12-14-22)25(31)23-24(20-9-7-10-21(30)18-20)29(27(33)26(23)32)16-8-15-28(5-2)6-3/h7,9-14,18,24,30-31H,4-6,8,15-17H2,1-3H3. The number of Topliss-reactive ketones (excluding diaryl/α,β-unsaturated/α-hetero) is 1. The smallest absolute Gasteiger partial charge is 0.295 e. The number of carbonyl (C=O) groups is 2. The van der Waals surface area contributed by atoms with E-state index in [1.807, 2.05) is 6.92 Å². The summed E-state index contributed by atoms with van der Waals surface area (Å²) in [7, 11) is 0. The molecule has 1 unspecified atom stereocenters. The summed E-state index contributed by atoms with van der Waals surface area (Å²) in [4.78, 5) is 29.9. The summed E-state index contributed by atoms with van der Waals surface area (Å²) >= 11 is 0. The Hall–Kier alpha value is -3.32. The summed E-state index contributed by atoms with van der Waals surface area (Å²) in [5, 5.41) is 21.2. The van der Waals surface area contributed by atoms with Crippen LogP contribution in [-0.4, -0.2) is 64.5 Å². The lowest BCUT2D eigenvalue weighted by molar-refractivity contribution is -0.140. The molecule has 34 heavy (non-hydrogen) atoms. The molecule has 182 valence electrons. The second-order valence-electron chi connectivity index (χ2n) is 8.34. The van der Waals surface area contributed by atoms with Crippen molar-refractivity contribution in [3.8, 4) is 11.5 Å². The highest BCUT2D eigenvalue weighted by molar-refractivity contribution is 6.46. The van der Waals surface area contributed by atoms with Crippen molar-refractivity contribution >= 4 is 17.4 Å². The molecule has 1 aliphatic rings. The van der Waals surface area contributed by atoms with Crippen molar-refractivity contribution in [2.75, 3.05) is 32.8 Å². The number of carbonyl (C=O) groups excluding carboxylic acids is 2. The molecule has 3 rings (SSSR count). The number of rotatable bonds is 11. The number of likely N-dealkylation sites (tertiary alicyclic amines) is 1. The van der Waals surface area contributed by atoms with Crippen molar-refractivity contribution in [1.82, 2.24) is 9.80 Å².